The number of pyridine rings is 1. The number of ether oxygens (including phenoxy) is 3. The first-order valence-electron chi connectivity index (χ1n) is 11.3. The Kier molecular flexibility index (Phi) is 7.05. The molecule has 15 heteroatoms. The average Bonchev–Trinajstić information content (AvgIpc) is 3.33. The number of rotatable bonds is 8. The van der Waals surface area contributed by atoms with Gasteiger partial charge in [0.05, 0.1) is 42.4 Å². The first-order chi connectivity index (χ1) is 18.8. The largest absolute Gasteiger partial charge is 0.480 e. The highest BCUT2D eigenvalue weighted by molar-refractivity contribution is 7.21. The van der Waals surface area contributed by atoms with E-state index >= 15 is 0 Å². The number of carbonyl (C=O) groups is 2. The lowest BCUT2D eigenvalue weighted by Crippen LogP contribution is -2.19. The lowest BCUT2D eigenvalue weighted by molar-refractivity contribution is 0.0990. The standard InChI is InChI=1S/C24H19FN8O5S/c1-11-5-13(18-15(6-11)31-17(36-2)10-27-18)22-32-16-7-14(25)21(33-23(16)39-22)37-3-4-38-24(35)30-12-8-28-20(19(26)34)29-9-12/h5-10H,3-4H2,1-2H3,(H2,26,34)(H,30,35). The van der Waals surface area contributed by atoms with Gasteiger partial charge in [-0.2, -0.15) is 4.98 Å². The van der Waals surface area contributed by atoms with Crippen molar-refractivity contribution in [1.82, 2.24) is 29.9 Å². The quantitative estimate of drug-likeness (QED) is 0.271. The number of nitrogens with one attached hydrogen (secondary N) is 1. The number of nitrogens with two attached hydrogens (primary N) is 1. The van der Waals surface area contributed by atoms with Crippen LogP contribution in [0.25, 0.3) is 32.0 Å². The highest BCUT2D eigenvalue weighted by Crippen LogP contribution is 2.35. The van der Waals surface area contributed by atoms with Gasteiger partial charge in [0, 0.05) is 11.6 Å². The van der Waals surface area contributed by atoms with Gasteiger partial charge in [-0.15, -0.1) is 0 Å². The van der Waals surface area contributed by atoms with E-state index in [4.69, 9.17) is 19.9 Å². The maximum absolute atomic E-state index is 14.7. The molecule has 0 radical (unpaired) electrons. The number of carbonyl (C=O) groups excluding carboxylic acids is 2. The van der Waals surface area contributed by atoms with Crippen molar-refractivity contribution in [3.8, 4) is 22.3 Å². The van der Waals surface area contributed by atoms with Crippen LogP contribution in [0.3, 0.4) is 0 Å². The van der Waals surface area contributed by atoms with Crippen molar-refractivity contribution in [2.75, 3.05) is 25.6 Å². The fourth-order valence-electron chi connectivity index (χ4n) is 3.50. The summed E-state index contributed by atoms with van der Waals surface area (Å²) in [7, 11) is 1.52. The van der Waals surface area contributed by atoms with Gasteiger partial charge < -0.3 is 19.9 Å². The fraction of sp³-hybridized carbons (Fsp3) is 0.167. The average molecular weight is 551 g/mol. The summed E-state index contributed by atoms with van der Waals surface area (Å²) in [5, 5.41) is 2.97. The summed E-state index contributed by atoms with van der Waals surface area (Å²) in [5.41, 5.74) is 8.57. The first-order valence-corrected chi connectivity index (χ1v) is 12.1. The van der Waals surface area contributed by atoms with E-state index in [1.54, 1.807) is 0 Å². The number of hydrogen-bond acceptors (Lipinski definition) is 12. The van der Waals surface area contributed by atoms with Crippen molar-refractivity contribution in [1.29, 1.82) is 0 Å². The Morgan fingerprint density at radius 3 is 2.56 bits per heavy atom. The molecular weight excluding hydrogens is 531 g/mol. The molecule has 4 heterocycles. The highest BCUT2D eigenvalue weighted by atomic mass is 32.1. The molecule has 0 aliphatic carbocycles. The van der Waals surface area contributed by atoms with Crippen molar-refractivity contribution in [2.45, 2.75) is 6.92 Å². The second-order valence-corrected chi connectivity index (χ2v) is 8.96. The van der Waals surface area contributed by atoms with Crippen LogP contribution in [-0.2, 0) is 4.74 Å². The number of fused-ring (bicyclic) bond motifs is 2. The first kappa shape index (κ1) is 25.6. The molecule has 198 valence electrons. The van der Waals surface area contributed by atoms with Gasteiger partial charge in [0.1, 0.15) is 28.6 Å². The molecule has 0 spiro atoms. The molecule has 5 rings (SSSR count). The molecule has 0 unspecified atom stereocenters. The third kappa shape index (κ3) is 5.62. The molecule has 0 fully saturated rings. The van der Waals surface area contributed by atoms with Crippen LogP contribution in [0.4, 0.5) is 14.9 Å². The Morgan fingerprint density at radius 1 is 1.03 bits per heavy atom. The van der Waals surface area contributed by atoms with Gasteiger partial charge in [-0.05, 0) is 24.6 Å². The summed E-state index contributed by atoms with van der Waals surface area (Å²) in [5.74, 6) is -1.56. The van der Waals surface area contributed by atoms with Crippen molar-refractivity contribution in [2.24, 2.45) is 5.73 Å². The molecule has 0 saturated heterocycles. The van der Waals surface area contributed by atoms with E-state index in [0.717, 1.165) is 11.1 Å². The SMILES string of the molecule is COc1cnc2c(-c3nc4cc(F)c(OCCOC(=O)Nc5cnc(C(N)=O)nc5)nc4s3)cc(C)cc2n1. The molecule has 0 atom stereocenters. The van der Waals surface area contributed by atoms with E-state index in [1.165, 1.54) is 43.1 Å². The monoisotopic (exact) mass is 550 g/mol. The number of aromatic nitrogens is 6. The Labute approximate surface area is 223 Å². The fourth-order valence-corrected chi connectivity index (χ4v) is 4.43. The smallest absolute Gasteiger partial charge is 0.411 e. The van der Waals surface area contributed by atoms with Crippen LogP contribution in [0.5, 0.6) is 11.8 Å². The predicted molar refractivity (Wildman–Crippen MR) is 138 cm³/mol. The summed E-state index contributed by atoms with van der Waals surface area (Å²) >= 11 is 1.25. The Balaban J connectivity index is 1.25. The van der Waals surface area contributed by atoms with Gasteiger partial charge in [-0.3, -0.25) is 10.1 Å². The number of hydrogen-bond donors (Lipinski definition) is 2. The zero-order chi connectivity index (χ0) is 27.5. The molecule has 39 heavy (non-hydrogen) atoms. The molecule has 1 aromatic carbocycles. The van der Waals surface area contributed by atoms with E-state index in [1.807, 2.05) is 19.1 Å². The lowest BCUT2D eigenvalue weighted by atomic mass is 10.1. The van der Waals surface area contributed by atoms with Crippen LogP contribution in [0.1, 0.15) is 16.2 Å². The minimum atomic E-state index is -0.823. The van der Waals surface area contributed by atoms with E-state index in [9.17, 15) is 14.0 Å². The van der Waals surface area contributed by atoms with Crippen LogP contribution in [-0.4, -0.2) is 62.2 Å². The second kappa shape index (κ2) is 10.7. The molecule has 0 aliphatic rings. The predicted octanol–water partition coefficient (Wildman–Crippen LogP) is 3.27. The molecule has 0 saturated carbocycles. The van der Waals surface area contributed by atoms with Crippen LogP contribution in [0, 0.1) is 12.7 Å². The minimum absolute atomic E-state index is 0.161. The number of benzene rings is 1. The van der Waals surface area contributed by atoms with Crippen LogP contribution in [0.15, 0.2) is 36.8 Å². The van der Waals surface area contributed by atoms with E-state index in [0.29, 0.717) is 32.3 Å². The van der Waals surface area contributed by atoms with E-state index in [2.05, 4.69) is 35.2 Å². The molecule has 13 nitrogen and oxygen atoms in total. The third-order valence-corrected chi connectivity index (χ3v) is 6.19. The zero-order valence-electron chi connectivity index (χ0n) is 20.5. The minimum Gasteiger partial charge on any atom is -0.480 e. The number of halogens is 1. The summed E-state index contributed by atoms with van der Waals surface area (Å²) in [6.45, 7) is 1.57. The number of anilines is 1. The number of nitrogens with zero attached hydrogens (tertiary/aromatic N) is 6. The van der Waals surface area contributed by atoms with E-state index in [-0.39, 0.29) is 30.6 Å². The van der Waals surface area contributed by atoms with Gasteiger partial charge in [0.15, 0.2) is 5.82 Å². The molecule has 0 bridgehead atoms. The van der Waals surface area contributed by atoms with E-state index < -0.39 is 17.8 Å². The number of primary amides is 1. The van der Waals surface area contributed by atoms with Crippen molar-refractivity contribution < 1.29 is 28.2 Å². The molecule has 2 amide bonds. The van der Waals surface area contributed by atoms with Crippen LogP contribution < -0.4 is 20.5 Å². The molecule has 3 N–H and O–H groups in total. The molecule has 5 aromatic rings. The van der Waals surface area contributed by atoms with Crippen molar-refractivity contribution in [3.63, 3.8) is 0 Å². The number of aryl methyl sites for hydroxylation is 1. The van der Waals surface area contributed by atoms with Gasteiger partial charge in [-0.25, -0.2) is 34.1 Å². The highest BCUT2D eigenvalue weighted by Gasteiger charge is 2.17. The molecule has 0 aliphatic heterocycles. The summed E-state index contributed by atoms with van der Waals surface area (Å²) in [4.78, 5) is 48.5. The Bertz CT molecular complexity index is 1710. The number of methoxy groups -OCH3 is 1. The van der Waals surface area contributed by atoms with Gasteiger partial charge in [-0.1, -0.05) is 11.3 Å². The molecular formula is C24H19FN8O5S. The third-order valence-electron chi connectivity index (χ3n) is 5.19. The summed E-state index contributed by atoms with van der Waals surface area (Å²) in [6.07, 6.45) is 3.10. The van der Waals surface area contributed by atoms with Crippen molar-refractivity contribution >= 4 is 50.4 Å². The van der Waals surface area contributed by atoms with Crippen LogP contribution >= 0.6 is 11.3 Å². The molecule has 4 aromatic heterocycles. The topological polar surface area (TPSA) is 177 Å². The van der Waals surface area contributed by atoms with Gasteiger partial charge >= 0.3 is 6.09 Å². The summed E-state index contributed by atoms with van der Waals surface area (Å²) < 4.78 is 30.2. The van der Waals surface area contributed by atoms with Gasteiger partial charge in [0.2, 0.25) is 11.7 Å². The number of amides is 2. The van der Waals surface area contributed by atoms with Crippen molar-refractivity contribution in [3.05, 3.63) is 54.0 Å². The van der Waals surface area contributed by atoms with Gasteiger partial charge in [0.25, 0.3) is 11.8 Å². The second-order valence-electron chi connectivity index (χ2n) is 7.98. The summed E-state index contributed by atoms with van der Waals surface area (Å²) in [6, 6.07) is 5.05. The Hall–Kier alpha value is -5.05. The Morgan fingerprint density at radius 2 is 1.82 bits per heavy atom. The maximum Gasteiger partial charge on any atom is 0.411 e. The maximum atomic E-state index is 14.7. The normalized spacial score (nSPS) is 10.9. The number of thiazole rings is 1. The van der Waals surface area contributed by atoms with Crippen LogP contribution in [0.2, 0.25) is 0 Å². The lowest BCUT2D eigenvalue weighted by Gasteiger charge is -2.08. The zero-order valence-corrected chi connectivity index (χ0v) is 21.3.